The summed E-state index contributed by atoms with van der Waals surface area (Å²) < 4.78 is 0. The van der Waals surface area contributed by atoms with Crippen molar-refractivity contribution in [3.8, 4) is 0 Å². The standard InChI is InChI=1S/C10H20N2O2/c1-3-10(14)7-12(8-10)9(13)5-4-6-11-2/h11,14H,3-8H2,1-2H3. The second kappa shape index (κ2) is 4.75. The van der Waals surface area contributed by atoms with Gasteiger partial charge in [0.15, 0.2) is 0 Å². The second-order valence-corrected chi connectivity index (χ2v) is 4.03. The van der Waals surface area contributed by atoms with E-state index in [-0.39, 0.29) is 5.91 Å². The van der Waals surface area contributed by atoms with Crippen molar-refractivity contribution >= 4 is 5.91 Å². The number of nitrogens with one attached hydrogen (secondary N) is 1. The molecule has 2 N–H and O–H groups in total. The van der Waals surface area contributed by atoms with Crippen LogP contribution in [0.25, 0.3) is 0 Å². The van der Waals surface area contributed by atoms with Gasteiger partial charge in [0.1, 0.15) is 0 Å². The number of likely N-dealkylation sites (tertiary alicyclic amines) is 1. The summed E-state index contributed by atoms with van der Waals surface area (Å²) in [6.07, 6.45) is 2.18. The topological polar surface area (TPSA) is 52.6 Å². The average molecular weight is 200 g/mol. The van der Waals surface area contributed by atoms with E-state index in [9.17, 15) is 9.90 Å². The van der Waals surface area contributed by atoms with Crippen LogP contribution in [0.15, 0.2) is 0 Å². The van der Waals surface area contributed by atoms with Gasteiger partial charge in [0.05, 0.1) is 18.7 Å². The Morgan fingerprint density at radius 2 is 2.21 bits per heavy atom. The lowest BCUT2D eigenvalue weighted by atomic mass is 9.91. The molecule has 0 aromatic carbocycles. The Morgan fingerprint density at radius 1 is 1.57 bits per heavy atom. The predicted molar refractivity (Wildman–Crippen MR) is 55.0 cm³/mol. The van der Waals surface area contributed by atoms with E-state index in [4.69, 9.17) is 0 Å². The van der Waals surface area contributed by atoms with Gasteiger partial charge >= 0.3 is 0 Å². The van der Waals surface area contributed by atoms with Crippen molar-refractivity contribution in [1.82, 2.24) is 10.2 Å². The first-order valence-electron chi connectivity index (χ1n) is 5.26. The molecule has 0 spiro atoms. The monoisotopic (exact) mass is 200 g/mol. The number of aliphatic hydroxyl groups is 1. The quantitative estimate of drug-likeness (QED) is 0.613. The summed E-state index contributed by atoms with van der Waals surface area (Å²) >= 11 is 0. The molecule has 0 aromatic heterocycles. The van der Waals surface area contributed by atoms with E-state index in [1.54, 1.807) is 4.90 Å². The third-order valence-corrected chi connectivity index (χ3v) is 2.80. The van der Waals surface area contributed by atoms with Crippen molar-refractivity contribution < 1.29 is 9.90 Å². The third kappa shape index (κ3) is 2.69. The van der Waals surface area contributed by atoms with Crippen molar-refractivity contribution in [2.75, 3.05) is 26.7 Å². The second-order valence-electron chi connectivity index (χ2n) is 4.03. The van der Waals surface area contributed by atoms with Crippen LogP contribution in [-0.2, 0) is 4.79 Å². The van der Waals surface area contributed by atoms with Gasteiger partial charge in [0, 0.05) is 6.42 Å². The molecule has 1 aliphatic heterocycles. The lowest BCUT2D eigenvalue weighted by Crippen LogP contribution is -2.63. The van der Waals surface area contributed by atoms with Gasteiger partial charge in [0.25, 0.3) is 0 Å². The SMILES string of the molecule is CCC1(O)CN(C(=O)CCCNC)C1. The zero-order chi connectivity index (χ0) is 10.6. The number of hydrogen-bond donors (Lipinski definition) is 2. The lowest BCUT2D eigenvalue weighted by molar-refractivity contribution is -0.155. The Labute approximate surface area is 85.3 Å². The smallest absolute Gasteiger partial charge is 0.222 e. The Morgan fingerprint density at radius 3 is 2.71 bits per heavy atom. The van der Waals surface area contributed by atoms with Crippen molar-refractivity contribution in [2.24, 2.45) is 0 Å². The molecule has 0 bridgehead atoms. The van der Waals surface area contributed by atoms with E-state index < -0.39 is 5.60 Å². The summed E-state index contributed by atoms with van der Waals surface area (Å²) in [7, 11) is 1.88. The number of rotatable bonds is 5. The van der Waals surface area contributed by atoms with E-state index in [1.807, 2.05) is 14.0 Å². The van der Waals surface area contributed by atoms with Crippen LogP contribution in [0, 0.1) is 0 Å². The molecule has 1 fully saturated rings. The molecule has 1 heterocycles. The minimum atomic E-state index is -0.599. The highest BCUT2D eigenvalue weighted by Crippen LogP contribution is 2.24. The van der Waals surface area contributed by atoms with Crippen LogP contribution in [0.3, 0.4) is 0 Å². The summed E-state index contributed by atoms with van der Waals surface area (Å²) in [6, 6.07) is 0. The van der Waals surface area contributed by atoms with Gasteiger partial charge in [0.2, 0.25) is 5.91 Å². The maximum atomic E-state index is 11.5. The summed E-state index contributed by atoms with van der Waals surface area (Å²) in [4.78, 5) is 13.2. The fourth-order valence-corrected chi connectivity index (χ4v) is 1.64. The van der Waals surface area contributed by atoms with Gasteiger partial charge in [-0.25, -0.2) is 0 Å². The zero-order valence-corrected chi connectivity index (χ0v) is 9.05. The lowest BCUT2D eigenvalue weighted by Gasteiger charge is -2.46. The van der Waals surface area contributed by atoms with Crippen LogP contribution in [0.5, 0.6) is 0 Å². The van der Waals surface area contributed by atoms with Crippen LogP contribution in [0.2, 0.25) is 0 Å². The maximum absolute atomic E-state index is 11.5. The minimum Gasteiger partial charge on any atom is -0.386 e. The largest absolute Gasteiger partial charge is 0.386 e. The number of carbonyl (C=O) groups is 1. The first kappa shape index (κ1) is 11.5. The molecule has 0 atom stereocenters. The Kier molecular flexibility index (Phi) is 3.89. The molecular formula is C10H20N2O2. The molecule has 14 heavy (non-hydrogen) atoms. The molecule has 1 rings (SSSR count). The molecule has 0 saturated carbocycles. The van der Waals surface area contributed by atoms with Gasteiger partial charge in [-0.2, -0.15) is 0 Å². The summed E-state index contributed by atoms with van der Waals surface area (Å²) in [5, 5.41) is 12.7. The van der Waals surface area contributed by atoms with E-state index in [1.165, 1.54) is 0 Å². The summed E-state index contributed by atoms with van der Waals surface area (Å²) in [5.74, 6) is 0.165. The van der Waals surface area contributed by atoms with E-state index in [2.05, 4.69) is 5.32 Å². The predicted octanol–water partition coefficient (Wildman–Crippen LogP) is -0.0307. The van der Waals surface area contributed by atoms with Crippen LogP contribution in [0.1, 0.15) is 26.2 Å². The fourth-order valence-electron chi connectivity index (χ4n) is 1.64. The Balaban J connectivity index is 2.16. The molecular weight excluding hydrogens is 180 g/mol. The van der Waals surface area contributed by atoms with Crippen molar-refractivity contribution in [1.29, 1.82) is 0 Å². The fraction of sp³-hybridized carbons (Fsp3) is 0.900. The normalized spacial score (nSPS) is 19.2. The summed E-state index contributed by atoms with van der Waals surface area (Å²) in [6.45, 7) is 3.85. The molecule has 1 amide bonds. The van der Waals surface area contributed by atoms with Gasteiger partial charge in [-0.1, -0.05) is 6.92 Å². The Bertz CT molecular complexity index is 200. The first-order chi connectivity index (χ1) is 6.61. The number of nitrogens with zero attached hydrogens (tertiary/aromatic N) is 1. The molecule has 1 aliphatic rings. The number of amides is 1. The zero-order valence-electron chi connectivity index (χ0n) is 9.05. The van der Waals surface area contributed by atoms with Crippen molar-refractivity contribution in [3.05, 3.63) is 0 Å². The highest BCUT2D eigenvalue weighted by molar-refractivity contribution is 5.77. The molecule has 0 aromatic rings. The molecule has 1 saturated heterocycles. The van der Waals surface area contributed by atoms with Crippen LogP contribution in [-0.4, -0.2) is 48.2 Å². The average Bonchev–Trinajstić information content (AvgIpc) is 2.13. The van der Waals surface area contributed by atoms with Crippen LogP contribution in [0.4, 0.5) is 0 Å². The number of β-amino-alcohol motifs (C(OH)–C–C–N with tert-alkyl or cyclic N) is 1. The highest BCUT2D eigenvalue weighted by atomic mass is 16.3. The van der Waals surface area contributed by atoms with Crippen molar-refractivity contribution in [2.45, 2.75) is 31.8 Å². The number of hydrogen-bond acceptors (Lipinski definition) is 3. The van der Waals surface area contributed by atoms with E-state index in [0.29, 0.717) is 19.5 Å². The molecule has 4 nitrogen and oxygen atoms in total. The molecule has 82 valence electrons. The summed E-state index contributed by atoms with van der Waals surface area (Å²) in [5.41, 5.74) is -0.599. The van der Waals surface area contributed by atoms with Gasteiger partial charge in [-0.15, -0.1) is 0 Å². The molecule has 0 unspecified atom stereocenters. The highest BCUT2D eigenvalue weighted by Gasteiger charge is 2.41. The molecule has 0 aliphatic carbocycles. The van der Waals surface area contributed by atoms with Gasteiger partial charge in [-0.3, -0.25) is 4.79 Å². The van der Waals surface area contributed by atoms with Crippen LogP contribution >= 0.6 is 0 Å². The van der Waals surface area contributed by atoms with Crippen molar-refractivity contribution in [3.63, 3.8) is 0 Å². The first-order valence-corrected chi connectivity index (χ1v) is 5.26. The third-order valence-electron chi connectivity index (χ3n) is 2.80. The van der Waals surface area contributed by atoms with Gasteiger partial charge in [-0.05, 0) is 26.4 Å². The Hall–Kier alpha value is -0.610. The minimum absolute atomic E-state index is 0.165. The van der Waals surface area contributed by atoms with Crippen LogP contribution < -0.4 is 5.32 Å². The number of carbonyl (C=O) groups excluding carboxylic acids is 1. The molecule has 0 radical (unpaired) electrons. The molecule has 4 heteroatoms. The van der Waals surface area contributed by atoms with E-state index >= 15 is 0 Å². The van der Waals surface area contributed by atoms with E-state index in [0.717, 1.165) is 19.4 Å². The van der Waals surface area contributed by atoms with Gasteiger partial charge < -0.3 is 15.3 Å². The maximum Gasteiger partial charge on any atom is 0.222 e.